The van der Waals surface area contributed by atoms with E-state index >= 15 is 0 Å². The molecule has 3 amide bonds. The van der Waals surface area contributed by atoms with Gasteiger partial charge in [-0.15, -0.1) is 0 Å². The Morgan fingerprint density at radius 3 is 2.51 bits per heavy atom. The number of benzene rings is 2. The van der Waals surface area contributed by atoms with E-state index in [1.807, 2.05) is 0 Å². The number of ether oxygens (including phenoxy) is 1. The Hall–Kier alpha value is -4.16. The van der Waals surface area contributed by atoms with E-state index in [0.717, 1.165) is 17.0 Å². The number of carbonyl (C=O) groups is 3. The van der Waals surface area contributed by atoms with Gasteiger partial charge in [0.1, 0.15) is 5.82 Å². The van der Waals surface area contributed by atoms with Gasteiger partial charge in [-0.2, -0.15) is 13.2 Å². The number of alkyl halides is 3. The van der Waals surface area contributed by atoms with Crippen LogP contribution < -0.4 is 10.7 Å². The highest BCUT2D eigenvalue weighted by atomic mass is 19.4. The first kappa shape index (κ1) is 25.9. The molecule has 1 aromatic heterocycles. The Morgan fingerprint density at radius 1 is 1.14 bits per heavy atom. The summed E-state index contributed by atoms with van der Waals surface area (Å²) in [6, 6.07) is 5.83. The van der Waals surface area contributed by atoms with Gasteiger partial charge in [-0.1, -0.05) is 12.1 Å². The summed E-state index contributed by atoms with van der Waals surface area (Å²) in [5.74, 6) is -5.81. The van der Waals surface area contributed by atoms with Crippen LogP contribution in [0.4, 0.5) is 28.0 Å². The molecule has 0 spiro atoms. The van der Waals surface area contributed by atoms with Crippen molar-refractivity contribution in [3.63, 3.8) is 0 Å². The number of aryl methyl sites for hydroxylation is 1. The fourth-order valence-electron chi connectivity index (χ4n) is 4.26. The number of aromatic nitrogens is 1. The van der Waals surface area contributed by atoms with Crippen molar-refractivity contribution in [2.75, 3.05) is 18.1 Å². The standard InChI is InChI=1S/C24H21F4N3O6/c1-3-29-17-9-8-14(10-18(17)37-23(29)35)30-12-15(21(33)36-4-2)20(32)31(22(30)34)11-13-6-5-7-16(25)19(13)24(26,27)28/h5-10,15H,3-4,11-12H2,1-2H3. The molecule has 1 fully saturated rings. The minimum absolute atomic E-state index is 0.0830. The lowest BCUT2D eigenvalue weighted by Gasteiger charge is -2.37. The molecule has 196 valence electrons. The molecule has 1 aliphatic rings. The molecule has 1 unspecified atom stereocenters. The van der Waals surface area contributed by atoms with E-state index in [1.54, 1.807) is 6.92 Å². The zero-order valence-corrected chi connectivity index (χ0v) is 19.7. The molecular formula is C24H21F4N3O6. The first-order chi connectivity index (χ1) is 17.5. The summed E-state index contributed by atoms with van der Waals surface area (Å²) in [6.07, 6.45) is -5.10. The first-order valence-electron chi connectivity index (χ1n) is 11.2. The minimum atomic E-state index is -5.10. The number of esters is 1. The van der Waals surface area contributed by atoms with Crippen LogP contribution in [0.2, 0.25) is 0 Å². The molecule has 37 heavy (non-hydrogen) atoms. The Labute approximate surface area is 206 Å². The number of amides is 3. The van der Waals surface area contributed by atoms with Crippen molar-refractivity contribution in [2.45, 2.75) is 33.1 Å². The quantitative estimate of drug-likeness (QED) is 0.276. The van der Waals surface area contributed by atoms with E-state index in [-0.39, 0.29) is 17.9 Å². The van der Waals surface area contributed by atoms with Gasteiger partial charge >= 0.3 is 23.9 Å². The van der Waals surface area contributed by atoms with Crippen LogP contribution in [0.15, 0.2) is 45.6 Å². The number of hydrogen-bond acceptors (Lipinski definition) is 6. The summed E-state index contributed by atoms with van der Waals surface area (Å²) in [5.41, 5.74) is -1.61. The Morgan fingerprint density at radius 2 is 1.86 bits per heavy atom. The number of fused-ring (bicyclic) bond motifs is 1. The number of oxazole rings is 1. The summed E-state index contributed by atoms with van der Waals surface area (Å²) in [4.78, 5) is 52.6. The molecule has 9 nitrogen and oxygen atoms in total. The molecule has 2 aromatic carbocycles. The molecule has 3 aromatic rings. The van der Waals surface area contributed by atoms with Crippen molar-refractivity contribution in [1.29, 1.82) is 0 Å². The molecule has 2 heterocycles. The van der Waals surface area contributed by atoms with Crippen LogP contribution in [-0.2, 0) is 33.6 Å². The molecule has 1 saturated heterocycles. The highest BCUT2D eigenvalue weighted by molar-refractivity contribution is 6.12. The van der Waals surface area contributed by atoms with Gasteiger partial charge in [-0.25, -0.2) is 14.0 Å². The fraction of sp³-hybridized carbons (Fsp3) is 0.333. The lowest BCUT2D eigenvalue weighted by atomic mass is 10.0. The Kier molecular flexibility index (Phi) is 6.80. The second-order valence-electron chi connectivity index (χ2n) is 8.16. The van der Waals surface area contributed by atoms with Gasteiger partial charge in [0.25, 0.3) is 0 Å². The topological polar surface area (TPSA) is 102 Å². The monoisotopic (exact) mass is 523 g/mol. The van der Waals surface area contributed by atoms with Gasteiger partial charge in [0.05, 0.1) is 30.8 Å². The van der Waals surface area contributed by atoms with E-state index in [4.69, 9.17) is 9.15 Å². The average Bonchev–Trinajstić information content (AvgIpc) is 3.15. The van der Waals surface area contributed by atoms with Gasteiger partial charge in [-0.05, 0) is 37.6 Å². The van der Waals surface area contributed by atoms with E-state index in [1.165, 1.54) is 29.7 Å². The molecule has 0 aliphatic carbocycles. The van der Waals surface area contributed by atoms with Crippen LogP contribution in [0.1, 0.15) is 25.0 Å². The maximum absolute atomic E-state index is 14.1. The largest absolute Gasteiger partial charge is 0.465 e. The highest BCUT2D eigenvalue weighted by Gasteiger charge is 2.45. The molecule has 0 bridgehead atoms. The number of halogens is 4. The minimum Gasteiger partial charge on any atom is -0.465 e. The summed E-state index contributed by atoms with van der Waals surface area (Å²) < 4.78 is 66.3. The third-order valence-electron chi connectivity index (χ3n) is 5.95. The SMILES string of the molecule is CCOC(=O)C1CN(c2ccc3c(c2)oc(=O)n3CC)C(=O)N(Cc2cccc(F)c2C(F)(F)F)C1=O. The normalized spacial score (nSPS) is 16.5. The number of urea groups is 1. The van der Waals surface area contributed by atoms with Crippen LogP contribution in [0, 0.1) is 11.7 Å². The molecule has 0 N–H and O–H groups in total. The fourth-order valence-corrected chi connectivity index (χ4v) is 4.26. The van der Waals surface area contributed by atoms with Crippen molar-refractivity contribution >= 4 is 34.7 Å². The van der Waals surface area contributed by atoms with Crippen LogP contribution in [0.3, 0.4) is 0 Å². The third kappa shape index (κ3) is 4.68. The van der Waals surface area contributed by atoms with E-state index in [2.05, 4.69) is 0 Å². The number of nitrogens with zero attached hydrogens (tertiary/aromatic N) is 3. The third-order valence-corrected chi connectivity index (χ3v) is 5.95. The molecule has 0 saturated carbocycles. The predicted octanol–water partition coefficient (Wildman–Crippen LogP) is 3.92. The van der Waals surface area contributed by atoms with Crippen molar-refractivity contribution in [3.8, 4) is 0 Å². The van der Waals surface area contributed by atoms with Crippen LogP contribution >= 0.6 is 0 Å². The number of hydrogen-bond donors (Lipinski definition) is 0. The van der Waals surface area contributed by atoms with Crippen molar-refractivity contribution in [2.24, 2.45) is 5.92 Å². The molecule has 1 aliphatic heterocycles. The van der Waals surface area contributed by atoms with E-state index < -0.39 is 65.8 Å². The van der Waals surface area contributed by atoms with Crippen molar-refractivity contribution < 1.29 is 41.1 Å². The number of rotatable bonds is 6. The van der Waals surface area contributed by atoms with E-state index in [0.29, 0.717) is 23.0 Å². The van der Waals surface area contributed by atoms with Gasteiger partial charge in [0, 0.05) is 18.3 Å². The molecule has 0 radical (unpaired) electrons. The zero-order valence-electron chi connectivity index (χ0n) is 19.7. The van der Waals surface area contributed by atoms with Crippen molar-refractivity contribution in [1.82, 2.24) is 9.47 Å². The lowest BCUT2D eigenvalue weighted by Crippen LogP contribution is -2.58. The number of anilines is 1. The van der Waals surface area contributed by atoms with Crippen LogP contribution in [0.25, 0.3) is 11.1 Å². The lowest BCUT2D eigenvalue weighted by molar-refractivity contribution is -0.155. The number of carbonyl (C=O) groups excluding carboxylic acids is 3. The van der Waals surface area contributed by atoms with Gasteiger partial charge in [-0.3, -0.25) is 24.0 Å². The summed E-state index contributed by atoms with van der Waals surface area (Å²) in [7, 11) is 0. The Balaban J connectivity index is 1.78. The average molecular weight is 523 g/mol. The van der Waals surface area contributed by atoms with Crippen molar-refractivity contribution in [3.05, 3.63) is 63.9 Å². The second-order valence-corrected chi connectivity index (χ2v) is 8.16. The summed E-state index contributed by atoms with van der Waals surface area (Å²) in [5, 5.41) is 0. The van der Waals surface area contributed by atoms with Crippen LogP contribution in [0.5, 0.6) is 0 Å². The molecule has 1 atom stereocenters. The summed E-state index contributed by atoms with van der Waals surface area (Å²) >= 11 is 0. The highest BCUT2D eigenvalue weighted by Crippen LogP contribution is 2.36. The maximum Gasteiger partial charge on any atom is 0.419 e. The van der Waals surface area contributed by atoms with E-state index in [9.17, 15) is 36.7 Å². The van der Waals surface area contributed by atoms with Gasteiger partial charge in [0.2, 0.25) is 5.91 Å². The molecular weight excluding hydrogens is 502 g/mol. The van der Waals surface area contributed by atoms with Gasteiger partial charge in [0.15, 0.2) is 11.5 Å². The maximum atomic E-state index is 14.1. The molecule has 4 rings (SSSR count). The second kappa shape index (κ2) is 9.71. The zero-order chi connectivity index (χ0) is 27.1. The van der Waals surface area contributed by atoms with Crippen LogP contribution in [-0.4, -0.2) is 40.5 Å². The van der Waals surface area contributed by atoms with Gasteiger partial charge < -0.3 is 9.15 Å². The smallest absolute Gasteiger partial charge is 0.419 e. The first-order valence-corrected chi connectivity index (χ1v) is 11.2. The molecule has 13 heteroatoms. The Bertz CT molecular complexity index is 1440. The number of imide groups is 1. The summed E-state index contributed by atoms with van der Waals surface area (Å²) in [6.45, 7) is 2.05. The predicted molar refractivity (Wildman–Crippen MR) is 121 cm³/mol.